The molecule has 0 aliphatic rings. The summed E-state index contributed by atoms with van der Waals surface area (Å²) in [6.45, 7) is 3.26. The van der Waals surface area contributed by atoms with Gasteiger partial charge in [-0.1, -0.05) is 0 Å². The van der Waals surface area contributed by atoms with Crippen LogP contribution in [-0.4, -0.2) is 24.5 Å². The highest BCUT2D eigenvalue weighted by molar-refractivity contribution is 7.07. The molecule has 0 fully saturated rings. The van der Waals surface area contributed by atoms with Gasteiger partial charge in [-0.15, -0.1) is 0 Å². The maximum atomic E-state index is 11.3. The molecule has 0 spiro atoms. The number of urea groups is 1. The molecule has 3 nitrogen and oxygen atoms in total. The molecule has 1 heterocycles. The number of amides is 2. The summed E-state index contributed by atoms with van der Waals surface area (Å²) in [5, 5.41) is 6.81. The lowest BCUT2D eigenvalue weighted by atomic mass is 10.3. The first-order chi connectivity index (χ1) is 6.24. The zero-order valence-electron chi connectivity index (χ0n) is 7.91. The zero-order valence-corrected chi connectivity index (χ0v) is 8.73. The fraction of sp³-hybridized carbons (Fsp3) is 0.444. The van der Waals surface area contributed by atoms with Gasteiger partial charge in [0.15, 0.2) is 0 Å². The van der Waals surface area contributed by atoms with Gasteiger partial charge in [-0.25, -0.2) is 4.79 Å². The minimum Gasteiger partial charge on any atom is -0.338 e. The highest BCUT2D eigenvalue weighted by atomic mass is 32.1. The SMILES string of the molecule is CCNC(=O)N(C)Cc1ccsc1. The molecule has 1 rings (SSSR count). The molecule has 0 saturated heterocycles. The smallest absolute Gasteiger partial charge is 0.317 e. The first-order valence-electron chi connectivity index (χ1n) is 4.24. The third-order valence-corrected chi connectivity index (χ3v) is 2.41. The number of hydrogen-bond acceptors (Lipinski definition) is 2. The Hall–Kier alpha value is -1.03. The van der Waals surface area contributed by atoms with Gasteiger partial charge in [-0.05, 0) is 29.3 Å². The Bertz CT molecular complexity index is 259. The van der Waals surface area contributed by atoms with Crippen LogP contribution < -0.4 is 5.32 Å². The Morgan fingerprint density at radius 2 is 2.46 bits per heavy atom. The fourth-order valence-corrected chi connectivity index (χ4v) is 1.67. The Balaban J connectivity index is 2.41. The van der Waals surface area contributed by atoms with Crippen molar-refractivity contribution in [1.82, 2.24) is 10.2 Å². The van der Waals surface area contributed by atoms with Gasteiger partial charge in [0, 0.05) is 20.1 Å². The minimum absolute atomic E-state index is 0.0197. The second kappa shape index (κ2) is 4.87. The maximum Gasteiger partial charge on any atom is 0.317 e. The Labute approximate surface area is 82.4 Å². The molecule has 2 amide bonds. The maximum absolute atomic E-state index is 11.3. The number of rotatable bonds is 3. The molecule has 0 unspecified atom stereocenters. The first kappa shape index (κ1) is 10.1. The summed E-state index contributed by atoms with van der Waals surface area (Å²) in [5.41, 5.74) is 1.18. The summed E-state index contributed by atoms with van der Waals surface area (Å²) in [5.74, 6) is 0. The Morgan fingerprint density at radius 1 is 1.69 bits per heavy atom. The molecule has 0 bridgehead atoms. The third kappa shape index (κ3) is 3.06. The lowest BCUT2D eigenvalue weighted by Crippen LogP contribution is -2.36. The molecule has 1 aromatic rings. The topological polar surface area (TPSA) is 32.3 Å². The number of thiophene rings is 1. The van der Waals surface area contributed by atoms with E-state index in [4.69, 9.17) is 0 Å². The van der Waals surface area contributed by atoms with E-state index in [2.05, 4.69) is 10.7 Å². The molecule has 0 radical (unpaired) electrons. The average molecular weight is 198 g/mol. The number of nitrogens with zero attached hydrogens (tertiary/aromatic N) is 1. The highest BCUT2D eigenvalue weighted by Crippen LogP contribution is 2.08. The molecule has 0 aliphatic carbocycles. The van der Waals surface area contributed by atoms with E-state index in [-0.39, 0.29) is 6.03 Å². The van der Waals surface area contributed by atoms with Gasteiger partial charge in [0.05, 0.1) is 0 Å². The van der Waals surface area contributed by atoms with Crippen LogP contribution in [0.25, 0.3) is 0 Å². The molecule has 0 atom stereocenters. The molecule has 0 saturated carbocycles. The van der Waals surface area contributed by atoms with E-state index in [0.717, 1.165) is 0 Å². The molecule has 4 heteroatoms. The van der Waals surface area contributed by atoms with Crippen molar-refractivity contribution in [3.05, 3.63) is 22.4 Å². The number of carbonyl (C=O) groups excluding carboxylic acids is 1. The standard InChI is InChI=1S/C9H14N2OS/c1-3-10-9(12)11(2)6-8-4-5-13-7-8/h4-5,7H,3,6H2,1-2H3,(H,10,12). The van der Waals surface area contributed by atoms with Crippen LogP contribution in [0.15, 0.2) is 16.8 Å². The van der Waals surface area contributed by atoms with Crippen molar-refractivity contribution < 1.29 is 4.79 Å². The van der Waals surface area contributed by atoms with Crippen LogP contribution in [-0.2, 0) is 6.54 Å². The van der Waals surface area contributed by atoms with E-state index in [9.17, 15) is 4.79 Å². The molecule has 0 aromatic carbocycles. The van der Waals surface area contributed by atoms with E-state index in [1.54, 1.807) is 23.3 Å². The lowest BCUT2D eigenvalue weighted by molar-refractivity contribution is 0.207. The summed E-state index contributed by atoms with van der Waals surface area (Å²) < 4.78 is 0. The van der Waals surface area contributed by atoms with Crippen molar-refractivity contribution >= 4 is 17.4 Å². The Morgan fingerprint density at radius 3 is 3.00 bits per heavy atom. The van der Waals surface area contributed by atoms with E-state index in [0.29, 0.717) is 13.1 Å². The quantitative estimate of drug-likeness (QED) is 0.790. The monoisotopic (exact) mass is 198 g/mol. The second-order valence-corrected chi connectivity index (χ2v) is 3.60. The van der Waals surface area contributed by atoms with Crippen LogP contribution in [0.4, 0.5) is 4.79 Å². The van der Waals surface area contributed by atoms with E-state index in [1.807, 2.05) is 18.4 Å². The van der Waals surface area contributed by atoms with Crippen LogP contribution in [0.5, 0.6) is 0 Å². The van der Waals surface area contributed by atoms with Crippen LogP contribution in [0, 0.1) is 0 Å². The lowest BCUT2D eigenvalue weighted by Gasteiger charge is -2.16. The molecule has 1 aromatic heterocycles. The van der Waals surface area contributed by atoms with E-state index < -0.39 is 0 Å². The highest BCUT2D eigenvalue weighted by Gasteiger charge is 2.06. The van der Waals surface area contributed by atoms with Crippen LogP contribution >= 0.6 is 11.3 Å². The average Bonchev–Trinajstić information content (AvgIpc) is 2.57. The summed E-state index contributed by atoms with van der Waals surface area (Å²) in [6, 6.07) is 2.01. The van der Waals surface area contributed by atoms with Crippen LogP contribution in [0.3, 0.4) is 0 Å². The largest absolute Gasteiger partial charge is 0.338 e. The van der Waals surface area contributed by atoms with Crippen molar-refractivity contribution in [3.8, 4) is 0 Å². The van der Waals surface area contributed by atoms with Crippen molar-refractivity contribution in [1.29, 1.82) is 0 Å². The van der Waals surface area contributed by atoms with Gasteiger partial charge in [0.2, 0.25) is 0 Å². The predicted octanol–water partition coefficient (Wildman–Crippen LogP) is 1.91. The van der Waals surface area contributed by atoms with Gasteiger partial charge < -0.3 is 10.2 Å². The normalized spacial score (nSPS) is 9.69. The number of nitrogens with one attached hydrogen (secondary N) is 1. The van der Waals surface area contributed by atoms with Crippen molar-refractivity contribution in [3.63, 3.8) is 0 Å². The molecule has 0 aliphatic heterocycles. The van der Waals surface area contributed by atoms with E-state index >= 15 is 0 Å². The third-order valence-electron chi connectivity index (χ3n) is 1.67. The molecule has 1 N–H and O–H groups in total. The molecular formula is C9H14N2OS. The summed E-state index contributed by atoms with van der Waals surface area (Å²) in [7, 11) is 1.79. The van der Waals surface area contributed by atoms with Crippen molar-refractivity contribution in [2.75, 3.05) is 13.6 Å². The molecule has 13 heavy (non-hydrogen) atoms. The summed E-state index contributed by atoms with van der Waals surface area (Å²) in [6.07, 6.45) is 0. The number of carbonyl (C=O) groups is 1. The van der Waals surface area contributed by atoms with Crippen molar-refractivity contribution in [2.24, 2.45) is 0 Å². The van der Waals surface area contributed by atoms with Gasteiger partial charge in [-0.3, -0.25) is 0 Å². The Kier molecular flexibility index (Phi) is 3.76. The second-order valence-electron chi connectivity index (χ2n) is 2.82. The van der Waals surface area contributed by atoms with Crippen LogP contribution in [0.2, 0.25) is 0 Å². The number of hydrogen-bond donors (Lipinski definition) is 1. The van der Waals surface area contributed by atoms with Gasteiger partial charge in [-0.2, -0.15) is 11.3 Å². The minimum atomic E-state index is -0.0197. The van der Waals surface area contributed by atoms with E-state index in [1.165, 1.54) is 5.56 Å². The zero-order chi connectivity index (χ0) is 9.68. The fourth-order valence-electron chi connectivity index (χ4n) is 1.01. The van der Waals surface area contributed by atoms with Crippen molar-refractivity contribution in [2.45, 2.75) is 13.5 Å². The van der Waals surface area contributed by atoms with Crippen LogP contribution in [0.1, 0.15) is 12.5 Å². The molecule has 72 valence electrons. The summed E-state index contributed by atoms with van der Waals surface area (Å²) in [4.78, 5) is 13.0. The predicted molar refractivity (Wildman–Crippen MR) is 54.9 cm³/mol. The summed E-state index contributed by atoms with van der Waals surface area (Å²) >= 11 is 1.65. The molecular weight excluding hydrogens is 184 g/mol. The first-order valence-corrected chi connectivity index (χ1v) is 5.18. The van der Waals surface area contributed by atoms with Gasteiger partial charge in [0.1, 0.15) is 0 Å². The van der Waals surface area contributed by atoms with Gasteiger partial charge in [0.25, 0.3) is 0 Å². The van der Waals surface area contributed by atoms with Gasteiger partial charge >= 0.3 is 6.03 Å².